The molecular formula is C22H22ClN3O3S2. The summed E-state index contributed by atoms with van der Waals surface area (Å²) in [5, 5.41) is 6.26. The van der Waals surface area contributed by atoms with E-state index in [9.17, 15) is 13.2 Å². The minimum atomic E-state index is -4.02. The van der Waals surface area contributed by atoms with Crippen LogP contribution in [0.1, 0.15) is 21.6 Å². The molecule has 0 aliphatic rings. The van der Waals surface area contributed by atoms with Crippen molar-refractivity contribution in [3.05, 3.63) is 80.5 Å². The van der Waals surface area contributed by atoms with Gasteiger partial charge in [0, 0.05) is 9.90 Å². The maximum Gasteiger partial charge on any atom is 0.264 e. The topological polar surface area (TPSA) is 78.8 Å². The molecule has 1 amide bonds. The van der Waals surface area contributed by atoms with Gasteiger partial charge in [0.25, 0.3) is 15.9 Å². The van der Waals surface area contributed by atoms with E-state index in [1.54, 1.807) is 37.4 Å². The van der Waals surface area contributed by atoms with E-state index in [2.05, 4.69) is 10.5 Å². The summed E-state index contributed by atoms with van der Waals surface area (Å²) in [4.78, 5) is 13.6. The van der Waals surface area contributed by atoms with Gasteiger partial charge < -0.3 is 0 Å². The van der Waals surface area contributed by atoms with Crippen molar-refractivity contribution in [1.29, 1.82) is 0 Å². The number of rotatable bonds is 7. The third kappa shape index (κ3) is 5.52. The van der Waals surface area contributed by atoms with Gasteiger partial charge in [-0.3, -0.25) is 9.10 Å². The van der Waals surface area contributed by atoms with Crippen molar-refractivity contribution in [1.82, 2.24) is 5.43 Å². The van der Waals surface area contributed by atoms with Gasteiger partial charge >= 0.3 is 0 Å². The first-order valence-corrected chi connectivity index (χ1v) is 12.1. The number of aryl methyl sites for hydroxylation is 3. The van der Waals surface area contributed by atoms with E-state index in [-0.39, 0.29) is 4.90 Å². The first-order valence-electron chi connectivity index (χ1n) is 9.40. The zero-order valence-electron chi connectivity index (χ0n) is 17.3. The normalized spacial score (nSPS) is 11.6. The number of hydrogen-bond acceptors (Lipinski definition) is 5. The molecule has 0 aliphatic carbocycles. The lowest BCUT2D eigenvalue weighted by Crippen LogP contribution is -2.40. The van der Waals surface area contributed by atoms with E-state index in [0.717, 1.165) is 20.3 Å². The highest BCUT2D eigenvalue weighted by Gasteiger charge is 2.28. The molecule has 1 N–H and O–H groups in total. The summed E-state index contributed by atoms with van der Waals surface area (Å²) in [5.74, 6) is -0.569. The van der Waals surface area contributed by atoms with Crippen molar-refractivity contribution in [2.24, 2.45) is 5.10 Å². The van der Waals surface area contributed by atoms with Crippen LogP contribution in [-0.4, -0.2) is 27.1 Å². The molecule has 162 valence electrons. The molecule has 1 heterocycles. The molecule has 0 fully saturated rings. The smallest absolute Gasteiger partial charge is 0.264 e. The Balaban J connectivity index is 1.91. The highest BCUT2D eigenvalue weighted by Crippen LogP contribution is 2.29. The highest BCUT2D eigenvalue weighted by molar-refractivity contribution is 7.92. The minimum absolute atomic E-state index is 0.0861. The number of anilines is 1. The Bertz CT molecular complexity index is 1220. The van der Waals surface area contributed by atoms with Gasteiger partial charge in [0.1, 0.15) is 6.54 Å². The summed E-state index contributed by atoms with van der Waals surface area (Å²) in [6.45, 7) is 5.13. The Morgan fingerprint density at radius 1 is 1.10 bits per heavy atom. The van der Waals surface area contributed by atoms with E-state index in [1.165, 1.54) is 29.5 Å². The molecule has 3 rings (SSSR count). The van der Waals surface area contributed by atoms with Crippen LogP contribution in [0.15, 0.2) is 63.9 Å². The zero-order chi connectivity index (χ0) is 22.6. The number of hydrazone groups is 1. The molecule has 0 radical (unpaired) electrons. The van der Waals surface area contributed by atoms with Gasteiger partial charge in [-0.2, -0.15) is 5.10 Å². The summed E-state index contributed by atoms with van der Waals surface area (Å²) >= 11 is 7.62. The first-order chi connectivity index (χ1) is 14.7. The third-order valence-corrected chi connectivity index (χ3v) is 7.57. The molecule has 6 nitrogen and oxygen atoms in total. The van der Waals surface area contributed by atoms with Crippen molar-refractivity contribution in [2.45, 2.75) is 25.7 Å². The Hall–Kier alpha value is -2.68. The van der Waals surface area contributed by atoms with Crippen molar-refractivity contribution in [3.63, 3.8) is 0 Å². The number of thiophene rings is 1. The maximum absolute atomic E-state index is 13.4. The summed E-state index contributed by atoms with van der Waals surface area (Å²) in [6.07, 6.45) is 1.54. The average molecular weight is 476 g/mol. The monoisotopic (exact) mass is 475 g/mol. The molecular weight excluding hydrogens is 454 g/mol. The standard InChI is InChI=1S/C22H22ClN3O3S2/c1-15-4-8-19(9-5-15)31(28,29)26(20-12-18(23)7-6-16(20)2)14-22(27)25-24-13-21-17(3)10-11-30-21/h4-13H,14H2,1-3H3,(H,25,27)/b24-13-. The number of carbonyl (C=O) groups excluding carboxylic acids is 1. The van der Waals surface area contributed by atoms with Crippen molar-refractivity contribution < 1.29 is 13.2 Å². The van der Waals surface area contributed by atoms with Crippen LogP contribution in [0.2, 0.25) is 5.02 Å². The number of nitrogens with one attached hydrogen (secondary N) is 1. The van der Waals surface area contributed by atoms with Gasteiger partial charge in [-0.25, -0.2) is 13.8 Å². The van der Waals surface area contributed by atoms with E-state index in [1.807, 2.05) is 25.3 Å². The summed E-state index contributed by atoms with van der Waals surface area (Å²) < 4.78 is 27.9. The predicted octanol–water partition coefficient (Wildman–Crippen LogP) is 4.67. The van der Waals surface area contributed by atoms with Crippen LogP contribution in [0.5, 0.6) is 0 Å². The third-order valence-electron chi connectivity index (χ3n) is 4.61. The maximum atomic E-state index is 13.4. The van der Waals surface area contributed by atoms with Crippen molar-refractivity contribution in [3.8, 4) is 0 Å². The van der Waals surface area contributed by atoms with Crippen molar-refractivity contribution in [2.75, 3.05) is 10.8 Å². The molecule has 1 aromatic heterocycles. The Morgan fingerprint density at radius 3 is 2.45 bits per heavy atom. The van der Waals surface area contributed by atoms with E-state index >= 15 is 0 Å². The average Bonchev–Trinajstić information content (AvgIpc) is 3.13. The largest absolute Gasteiger partial charge is 0.271 e. The molecule has 31 heavy (non-hydrogen) atoms. The van der Waals surface area contributed by atoms with Gasteiger partial charge in [0.2, 0.25) is 0 Å². The number of sulfonamides is 1. The number of halogens is 1. The SMILES string of the molecule is Cc1ccc(S(=O)(=O)N(CC(=O)N/N=C\c2sccc2C)c2cc(Cl)ccc2C)cc1. The van der Waals surface area contributed by atoms with Crippen LogP contribution in [-0.2, 0) is 14.8 Å². The second kappa shape index (κ2) is 9.64. The van der Waals surface area contributed by atoms with Crippen LogP contribution in [0.3, 0.4) is 0 Å². The van der Waals surface area contributed by atoms with Gasteiger partial charge in [0.05, 0.1) is 16.8 Å². The van der Waals surface area contributed by atoms with Crippen LogP contribution in [0.4, 0.5) is 5.69 Å². The van der Waals surface area contributed by atoms with Crippen LogP contribution >= 0.6 is 22.9 Å². The molecule has 0 saturated heterocycles. The highest BCUT2D eigenvalue weighted by atomic mass is 35.5. The summed E-state index contributed by atoms with van der Waals surface area (Å²) in [5.41, 5.74) is 5.39. The fourth-order valence-corrected chi connectivity index (χ4v) is 5.26. The molecule has 2 aromatic carbocycles. The van der Waals surface area contributed by atoms with E-state index in [4.69, 9.17) is 11.6 Å². The molecule has 9 heteroatoms. The van der Waals surface area contributed by atoms with E-state index in [0.29, 0.717) is 16.3 Å². The number of carbonyl (C=O) groups is 1. The van der Waals surface area contributed by atoms with Gasteiger partial charge in [-0.1, -0.05) is 35.4 Å². The van der Waals surface area contributed by atoms with Crippen LogP contribution in [0.25, 0.3) is 0 Å². The minimum Gasteiger partial charge on any atom is -0.271 e. The van der Waals surface area contributed by atoms with Crippen LogP contribution in [0, 0.1) is 20.8 Å². The lowest BCUT2D eigenvalue weighted by molar-refractivity contribution is -0.119. The number of nitrogens with zero attached hydrogens (tertiary/aromatic N) is 2. The number of hydrogen-bond donors (Lipinski definition) is 1. The molecule has 0 unspecified atom stereocenters. The summed E-state index contributed by atoms with van der Waals surface area (Å²) in [7, 11) is -4.02. The summed E-state index contributed by atoms with van der Waals surface area (Å²) in [6, 6.07) is 13.3. The van der Waals surface area contributed by atoms with E-state index < -0.39 is 22.5 Å². The molecule has 0 spiro atoms. The second-order valence-electron chi connectivity index (χ2n) is 7.02. The lowest BCUT2D eigenvalue weighted by Gasteiger charge is -2.25. The fourth-order valence-electron chi connectivity index (χ4n) is 2.83. The Morgan fingerprint density at radius 2 is 1.81 bits per heavy atom. The molecule has 3 aromatic rings. The second-order valence-corrected chi connectivity index (χ2v) is 10.3. The molecule has 0 aliphatic heterocycles. The van der Waals surface area contributed by atoms with Gasteiger partial charge in [-0.05, 0) is 67.6 Å². The first kappa shape index (κ1) is 23.0. The quantitative estimate of drug-likeness (QED) is 0.398. The van der Waals surface area contributed by atoms with Crippen molar-refractivity contribution >= 4 is 50.8 Å². The predicted molar refractivity (Wildman–Crippen MR) is 127 cm³/mol. The Kier molecular flexibility index (Phi) is 7.15. The van der Waals surface area contributed by atoms with Gasteiger partial charge in [-0.15, -0.1) is 11.3 Å². The number of benzene rings is 2. The molecule has 0 saturated carbocycles. The molecule has 0 bridgehead atoms. The van der Waals surface area contributed by atoms with Crippen LogP contribution < -0.4 is 9.73 Å². The lowest BCUT2D eigenvalue weighted by atomic mass is 10.2. The number of amides is 1. The van der Waals surface area contributed by atoms with Gasteiger partial charge in [0.15, 0.2) is 0 Å². The fraction of sp³-hybridized carbons (Fsp3) is 0.182. The molecule has 0 atom stereocenters. The Labute approximate surface area is 191 Å². The zero-order valence-corrected chi connectivity index (χ0v) is 19.7.